The average molecular weight is 278 g/mol. The number of nitrogens with two attached hydrogens (primary N) is 1. The SMILES string of the molecule is N/C(=C/c1ccccc1)c1nnc(Cc2ccccn2)o1. The molecule has 0 unspecified atom stereocenters. The van der Waals surface area contributed by atoms with Gasteiger partial charge in [0.25, 0.3) is 5.89 Å². The number of hydrogen-bond donors (Lipinski definition) is 1. The topological polar surface area (TPSA) is 77.8 Å². The molecule has 0 aliphatic heterocycles. The molecular weight excluding hydrogens is 264 g/mol. The first-order valence-corrected chi connectivity index (χ1v) is 6.56. The van der Waals surface area contributed by atoms with E-state index in [2.05, 4.69) is 15.2 Å². The molecule has 3 aromatic rings. The lowest BCUT2D eigenvalue weighted by molar-refractivity contribution is 0.491. The summed E-state index contributed by atoms with van der Waals surface area (Å²) < 4.78 is 5.57. The molecule has 0 spiro atoms. The quantitative estimate of drug-likeness (QED) is 0.793. The molecule has 104 valence electrons. The molecular formula is C16H14N4O. The van der Waals surface area contributed by atoms with E-state index >= 15 is 0 Å². The van der Waals surface area contributed by atoms with Gasteiger partial charge in [-0.2, -0.15) is 0 Å². The molecule has 0 bridgehead atoms. The van der Waals surface area contributed by atoms with Crippen LogP contribution in [0.3, 0.4) is 0 Å². The Morgan fingerprint density at radius 1 is 1.05 bits per heavy atom. The predicted octanol–water partition coefficient (Wildman–Crippen LogP) is 2.51. The van der Waals surface area contributed by atoms with E-state index in [1.807, 2.05) is 48.5 Å². The third kappa shape index (κ3) is 3.33. The van der Waals surface area contributed by atoms with Gasteiger partial charge in [0.15, 0.2) is 0 Å². The van der Waals surface area contributed by atoms with Gasteiger partial charge in [-0.15, -0.1) is 10.2 Å². The molecule has 0 aliphatic carbocycles. The maximum Gasteiger partial charge on any atom is 0.263 e. The van der Waals surface area contributed by atoms with E-state index in [1.165, 1.54) is 0 Å². The minimum atomic E-state index is 0.324. The van der Waals surface area contributed by atoms with Gasteiger partial charge in [0.05, 0.1) is 12.1 Å². The zero-order valence-electron chi connectivity index (χ0n) is 11.3. The summed E-state index contributed by atoms with van der Waals surface area (Å²) in [4.78, 5) is 4.22. The van der Waals surface area contributed by atoms with Crippen molar-refractivity contribution in [3.8, 4) is 0 Å². The van der Waals surface area contributed by atoms with Crippen molar-refractivity contribution >= 4 is 11.8 Å². The van der Waals surface area contributed by atoms with Crippen LogP contribution in [0.5, 0.6) is 0 Å². The summed E-state index contributed by atoms with van der Waals surface area (Å²) in [7, 11) is 0. The molecule has 0 amide bonds. The molecule has 0 fully saturated rings. The Balaban J connectivity index is 1.77. The van der Waals surface area contributed by atoms with Crippen molar-refractivity contribution in [3.05, 3.63) is 77.8 Å². The lowest BCUT2D eigenvalue weighted by Crippen LogP contribution is -1.96. The molecule has 0 saturated carbocycles. The lowest BCUT2D eigenvalue weighted by atomic mass is 10.2. The second-order valence-electron chi connectivity index (χ2n) is 4.51. The molecule has 2 heterocycles. The Bertz CT molecular complexity index is 735. The van der Waals surface area contributed by atoms with Gasteiger partial charge >= 0.3 is 0 Å². The van der Waals surface area contributed by atoms with Gasteiger partial charge in [-0.05, 0) is 23.8 Å². The van der Waals surface area contributed by atoms with Gasteiger partial charge in [-0.1, -0.05) is 36.4 Å². The van der Waals surface area contributed by atoms with Gasteiger partial charge in [0.1, 0.15) is 0 Å². The summed E-state index contributed by atoms with van der Waals surface area (Å²) >= 11 is 0. The van der Waals surface area contributed by atoms with Crippen molar-refractivity contribution in [2.75, 3.05) is 0 Å². The summed E-state index contributed by atoms with van der Waals surface area (Å²) in [5, 5.41) is 7.97. The van der Waals surface area contributed by atoms with Gasteiger partial charge < -0.3 is 10.2 Å². The molecule has 0 aliphatic rings. The number of nitrogens with zero attached hydrogens (tertiary/aromatic N) is 3. The highest BCUT2D eigenvalue weighted by Crippen LogP contribution is 2.13. The molecule has 0 atom stereocenters. The Labute approximate surface area is 122 Å². The van der Waals surface area contributed by atoms with Crippen molar-refractivity contribution in [3.63, 3.8) is 0 Å². The fourth-order valence-electron chi connectivity index (χ4n) is 1.89. The van der Waals surface area contributed by atoms with Crippen LogP contribution in [0.2, 0.25) is 0 Å². The zero-order valence-corrected chi connectivity index (χ0v) is 11.3. The van der Waals surface area contributed by atoms with E-state index < -0.39 is 0 Å². The van der Waals surface area contributed by atoms with Crippen LogP contribution in [0.25, 0.3) is 11.8 Å². The third-order valence-corrected chi connectivity index (χ3v) is 2.89. The second-order valence-corrected chi connectivity index (χ2v) is 4.51. The van der Waals surface area contributed by atoms with Crippen LogP contribution >= 0.6 is 0 Å². The zero-order chi connectivity index (χ0) is 14.5. The monoisotopic (exact) mass is 278 g/mol. The van der Waals surface area contributed by atoms with Crippen LogP contribution in [-0.2, 0) is 6.42 Å². The number of hydrogen-bond acceptors (Lipinski definition) is 5. The highest BCUT2D eigenvalue weighted by atomic mass is 16.4. The van der Waals surface area contributed by atoms with Gasteiger partial charge in [0, 0.05) is 11.9 Å². The molecule has 3 rings (SSSR count). The Morgan fingerprint density at radius 3 is 2.62 bits per heavy atom. The number of aromatic nitrogens is 3. The van der Waals surface area contributed by atoms with Crippen molar-refractivity contribution in [1.82, 2.24) is 15.2 Å². The summed E-state index contributed by atoms with van der Waals surface area (Å²) in [5.74, 6) is 0.817. The fourth-order valence-corrected chi connectivity index (χ4v) is 1.89. The molecule has 5 nitrogen and oxygen atoms in total. The largest absolute Gasteiger partial charge is 0.419 e. The van der Waals surface area contributed by atoms with E-state index in [0.717, 1.165) is 11.3 Å². The van der Waals surface area contributed by atoms with Crippen LogP contribution < -0.4 is 5.73 Å². The first kappa shape index (κ1) is 13.1. The highest BCUT2D eigenvalue weighted by Gasteiger charge is 2.09. The summed E-state index contributed by atoms with van der Waals surface area (Å²) in [6.07, 6.45) is 4.03. The van der Waals surface area contributed by atoms with Crippen LogP contribution in [0.15, 0.2) is 59.1 Å². The summed E-state index contributed by atoms with van der Waals surface area (Å²) in [5.41, 5.74) is 8.29. The van der Waals surface area contributed by atoms with E-state index in [4.69, 9.17) is 10.2 Å². The molecule has 2 N–H and O–H groups in total. The molecule has 2 aromatic heterocycles. The number of benzene rings is 1. The first-order valence-electron chi connectivity index (χ1n) is 6.56. The number of rotatable bonds is 4. The standard InChI is InChI=1S/C16H14N4O/c17-14(10-12-6-2-1-3-7-12)16-20-19-15(21-16)11-13-8-4-5-9-18-13/h1-10H,11,17H2/b14-10+. The Kier molecular flexibility index (Phi) is 3.73. The van der Waals surface area contributed by atoms with Crippen LogP contribution in [0.1, 0.15) is 23.0 Å². The molecule has 1 aromatic carbocycles. The van der Waals surface area contributed by atoms with Crippen LogP contribution in [0, 0.1) is 0 Å². The minimum absolute atomic E-state index is 0.324. The van der Waals surface area contributed by atoms with Gasteiger partial charge in [-0.25, -0.2) is 0 Å². The molecule has 0 radical (unpaired) electrons. The van der Waals surface area contributed by atoms with E-state index in [-0.39, 0.29) is 0 Å². The van der Waals surface area contributed by atoms with Crippen molar-refractivity contribution in [2.24, 2.45) is 5.73 Å². The predicted molar refractivity (Wildman–Crippen MR) is 79.8 cm³/mol. The normalized spacial score (nSPS) is 11.5. The Hall–Kier alpha value is -2.95. The first-order chi connectivity index (χ1) is 10.3. The van der Waals surface area contributed by atoms with E-state index in [9.17, 15) is 0 Å². The smallest absolute Gasteiger partial charge is 0.263 e. The maximum atomic E-state index is 5.98. The minimum Gasteiger partial charge on any atom is -0.419 e. The Morgan fingerprint density at radius 2 is 1.86 bits per heavy atom. The maximum absolute atomic E-state index is 5.98. The average Bonchev–Trinajstić information content (AvgIpc) is 2.98. The lowest BCUT2D eigenvalue weighted by Gasteiger charge is -1.96. The second kappa shape index (κ2) is 6.00. The molecule has 21 heavy (non-hydrogen) atoms. The van der Waals surface area contributed by atoms with Crippen molar-refractivity contribution in [2.45, 2.75) is 6.42 Å². The molecule has 0 saturated heterocycles. The van der Waals surface area contributed by atoms with Crippen molar-refractivity contribution in [1.29, 1.82) is 0 Å². The van der Waals surface area contributed by atoms with E-state index in [0.29, 0.717) is 23.9 Å². The summed E-state index contributed by atoms with van der Waals surface area (Å²) in [6, 6.07) is 15.4. The van der Waals surface area contributed by atoms with E-state index in [1.54, 1.807) is 12.3 Å². The number of pyridine rings is 1. The van der Waals surface area contributed by atoms with Crippen molar-refractivity contribution < 1.29 is 4.42 Å². The van der Waals surface area contributed by atoms with Crippen LogP contribution in [0.4, 0.5) is 0 Å². The fraction of sp³-hybridized carbons (Fsp3) is 0.0625. The van der Waals surface area contributed by atoms with Gasteiger partial charge in [-0.3, -0.25) is 4.98 Å². The third-order valence-electron chi connectivity index (χ3n) is 2.89. The highest BCUT2D eigenvalue weighted by molar-refractivity contribution is 5.75. The van der Waals surface area contributed by atoms with Gasteiger partial charge in [0.2, 0.25) is 5.89 Å². The van der Waals surface area contributed by atoms with Crippen LogP contribution in [-0.4, -0.2) is 15.2 Å². The summed E-state index contributed by atoms with van der Waals surface area (Å²) in [6.45, 7) is 0. The molecule has 5 heteroatoms.